The van der Waals surface area contributed by atoms with E-state index in [-0.39, 0.29) is 56.8 Å². The van der Waals surface area contributed by atoms with Crippen molar-refractivity contribution in [3.8, 4) is 5.75 Å². The third-order valence-corrected chi connectivity index (χ3v) is 8.29. The molecule has 0 saturated carbocycles. The molecule has 1 aliphatic heterocycles. The number of rotatable bonds is 13. The van der Waals surface area contributed by atoms with Crippen LogP contribution in [0, 0.1) is 11.6 Å². The minimum Gasteiger partial charge on any atom is -0.493 e. The average Bonchev–Trinajstić information content (AvgIpc) is 3.24. The van der Waals surface area contributed by atoms with Gasteiger partial charge in [-0.15, -0.1) is 0 Å². The summed E-state index contributed by atoms with van der Waals surface area (Å²) in [5.41, 5.74) is -3.07. The van der Waals surface area contributed by atoms with Crippen LogP contribution in [0.2, 0.25) is 0 Å². The highest BCUT2D eigenvalue weighted by atomic mass is 31.2. The number of alkyl halides is 3. The minimum atomic E-state index is -4.69. The second-order valence-corrected chi connectivity index (χ2v) is 14.3. The molecular formula is C31H41F5NO6P. The van der Waals surface area contributed by atoms with E-state index in [0.717, 1.165) is 18.2 Å². The molecule has 0 fully saturated rings. The Kier molecular flexibility index (Phi) is 11.3. The normalized spacial score (nSPS) is 17.9. The molecule has 44 heavy (non-hydrogen) atoms. The molecule has 1 unspecified atom stereocenters. The largest absolute Gasteiger partial charge is 0.493 e. The lowest BCUT2D eigenvalue weighted by atomic mass is 9.93. The Bertz CT molecular complexity index is 1350. The van der Waals surface area contributed by atoms with Gasteiger partial charge in [0.1, 0.15) is 29.5 Å². The van der Waals surface area contributed by atoms with Gasteiger partial charge in [-0.2, -0.15) is 13.2 Å². The molecule has 0 spiro atoms. The molecule has 0 amide bonds. The lowest BCUT2D eigenvalue weighted by Crippen LogP contribution is -2.36. The Hall–Kier alpha value is -2.53. The maximum atomic E-state index is 14.0. The Morgan fingerprint density at radius 2 is 1.61 bits per heavy atom. The quantitative estimate of drug-likeness (QED) is 0.123. The van der Waals surface area contributed by atoms with Gasteiger partial charge in [0.2, 0.25) is 0 Å². The van der Waals surface area contributed by atoms with E-state index in [4.69, 9.17) is 23.0 Å². The number of halogens is 5. The predicted octanol–water partition coefficient (Wildman–Crippen LogP) is 8.87. The highest BCUT2D eigenvalue weighted by Crippen LogP contribution is 2.56. The van der Waals surface area contributed by atoms with Crippen molar-refractivity contribution in [3.63, 3.8) is 0 Å². The zero-order chi connectivity index (χ0) is 33.0. The van der Waals surface area contributed by atoms with Crippen LogP contribution in [0.5, 0.6) is 5.75 Å². The van der Waals surface area contributed by atoms with Gasteiger partial charge in [0.25, 0.3) is 0 Å². The molecule has 0 radical (unpaired) electrons. The molecule has 13 heteroatoms. The van der Waals surface area contributed by atoms with Crippen LogP contribution in [0.25, 0.3) is 0 Å². The second-order valence-electron chi connectivity index (χ2n) is 12.8. The summed E-state index contributed by atoms with van der Waals surface area (Å²) in [5, 5.41) is 0. The Balaban J connectivity index is 1.71. The fraction of sp³-hybridized carbons (Fsp3) is 0.581. The Labute approximate surface area is 255 Å². The van der Waals surface area contributed by atoms with E-state index in [2.05, 4.69) is 4.99 Å². The van der Waals surface area contributed by atoms with Crippen molar-refractivity contribution in [3.05, 3.63) is 64.7 Å². The summed E-state index contributed by atoms with van der Waals surface area (Å²) < 4.78 is 111. The maximum absolute atomic E-state index is 14.0. The molecule has 0 aliphatic carbocycles. The third-order valence-electron chi connectivity index (χ3n) is 6.30. The summed E-state index contributed by atoms with van der Waals surface area (Å²) >= 11 is 0. The van der Waals surface area contributed by atoms with Crippen LogP contribution < -0.4 is 4.74 Å². The summed E-state index contributed by atoms with van der Waals surface area (Å²) in [4.78, 5) is 4.55. The molecule has 1 heterocycles. The molecular weight excluding hydrogens is 608 g/mol. The smallest absolute Gasteiger partial charge is 0.475 e. The zero-order valence-corrected chi connectivity index (χ0v) is 27.0. The Morgan fingerprint density at radius 3 is 2.16 bits per heavy atom. The van der Waals surface area contributed by atoms with Gasteiger partial charge in [0.15, 0.2) is 5.90 Å². The van der Waals surface area contributed by atoms with Gasteiger partial charge in [-0.3, -0.25) is 13.6 Å². The number of benzene rings is 2. The standard InChI is InChI=1S/C31H41F5NO6P/c1-21-37-30(19-40-21,20-41-44(38,42-28(2,3)4)43-29(5,6)7)15-14-22-10-13-27(25(17-22)31(34,35)36)39-16-8-9-23-11-12-24(32)18-26(23)33/h10-13,17-18H,8-9,14-16,19-20H2,1-7H3. The number of ether oxygens (including phenoxy) is 2. The van der Waals surface area contributed by atoms with Crippen LogP contribution in [0.3, 0.4) is 0 Å². The van der Waals surface area contributed by atoms with Gasteiger partial charge in [-0.05, 0) is 96.6 Å². The van der Waals surface area contributed by atoms with E-state index in [9.17, 15) is 26.5 Å². The summed E-state index contributed by atoms with van der Waals surface area (Å²) in [6.07, 6.45) is -3.91. The fourth-order valence-electron chi connectivity index (χ4n) is 4.48. The molecule has 2 aromatic carbocycles. The molecule has 0 bridgehead atoms. The summed E-state index contributed by atoms with van der Waals surface area (Å²) in [6, 6.07) is 6.98. The first-order valence-electron chi connectivity index (χ1n) is 14.3. The molecule has 0 N–H and O–H groups in total. The van der Waals surface area contributed by atoms with Crippen LogP contribution >= 0.6 is 7.82 Å². The highest BCUT2D eigenvalue weighted by molar-refractivity contribution is 7.48. The topological polar surface area (TPSA) is 75.6 Å². The number of nitrogens with zero attached hydrogens (tertiary/aromatic N) is 1. The summed E-state index contributed by atoms with van der Waals surface area (Å²) in [7, 11) is -4.08. The van der Waals surface area contributed by atoms with Crippen molar-refractivity contribution in [2.24, 2.45) is 4.99 Å². The fourth-order valence-corrected chi connectivity index (χ4v) is 6.36. The number of hydrogen-bond acceptors (Lipinski definition) is 7. The maximum Gasteiger partial charge on any atom is 0.475 e. The van der Waals surface area contributed by atoms with E-state index in [1.165, 1.54) is 18.2 Å². The average molecular weight is 650 g/mol. The third kappa shape index (κ3) is 11.1. The molecule has 1 atom stereocenters. The first-order chi connectivity index (χ1) is 20.2. The van der Waals surface area contributed by atoms with Gasteiger partial charge >= 0.3 is 14.0 Å². The van der Waals surface area contributed by atoms with E-state index >= 15 is 0 Å². The van der Waals surface area contributed by atoms with Crippen LogP contribution in [0.1, 0.15) is 78.0 Å². The second kappa shape index (κ2) is 13.8. The van der Waals surface area contributed by atoms with Gasteiger partial charge in [-0.25, -0.2) is 18.3 Å². The number of aryl methyl sites for hydroxylation is 2. The van der Waals surface area contributed by atoms with E-state index < -0.39 is 47.9 Å². The van der Waals surface area contributed by atoms with Crippen molar-refractivity contribution < 1.29 is 49.6 Å². The number of phosphoric ester groups is 1. The van der Waals surface area contributed by atoms with Crippen molar-refractivity contribution in [2.45, 2.75) is 97.1 Å². The first kappa shape index (κ1) is 35.9. The number of aliphatic imine (C=N–C) groups is 1. The van der Waals surface area contributed by atoms with Crippen LogP contribution in [0.15, 0.2) is 41.4 Å². The monoisotopic (exact) mass is 649 g/mol. The van der Waals surface area contributed by atoms with Gasteiger partial charge in [0.05, 0.1) is 30.0 Å². The SMILES string of the molecule is CC1=NC(CCc2ccc(OCCCc3ccc(F)cc3F)c(C(F)(F)F)c2)(COP(=O)(OC(C)(C)C)OC(C)(C)C)CO1. The highest BCUT2D eigenvalue weighted by Gasteiger charge is 2.43. The number of phosphoric acid groups is 1. The molecule has 3 rings (SSSR count). The summed E-state index contributed by atoms with van der Waals surface area (Å²) in [5.74, 6) is -1.40. The zero-order valence-electron chi connectivity index (χ0n) is 26.1. The van der Waals surface area contributed by atoms with Crippen LogP contribution in [-0.2, 0) is 41.9 Å². The van der Waals surface area contributed by atoms with E-state index in [1.54, 1.807) is 48.5 Å². The molecule has 246 valence electrons. The predicted molar refractivity (Wildman–Crippen MR) is 157 cm³/mol. The van der Waals surface area contributed by atoms with Gasteiger partial charge in [-0.1, -0.05) is 12.1 Å². The van der Waals surface area contributed by atoms with Crippen molar-refractivity contribution in [1.82, 2.24) is 0 Å². The van der Waals surface area contributed by atoms with Crippen molar-refractivity contribution >= 4 is 13.7 Å². The van der Waals surface area contributed by atoms with E-state index in [0.29, 0.717) is 11.5 Å². The lowest BCUT2D eigenvalue weighted by molar-refractivity contribution is -0.139. The van der Waals surface area contributed by atoms with Crippen molar-refractivity contribution in [2.75, 3.05) is 19.8 Å². The molecule has 0 saturated heterocycles. The molecule has 7 nitrogen and oxygen atoms in total. The molecule has 0 aromatic heterocycles. The minimum absolute atomic E-state index is 0.0752. The first-order valence-corrected chi connectivity index (χ1v) is 15.8. The van der Waals surface area contributed by atoms with Crippen LogP contribution in [-0.4, -0.2) is 42.5 Å². The number of hydrogen-bond donors (Lipinski definition) is 0. The van der Waals surface area contributed by atoms with Gasteiger partial charge in [0, 0.05) is 13.0 Å². The van der Waals surface area contributed by atoms with Gasteiger partial charge < -0.3 is 9.47 Å². The summed E-state index contributed by atoms with van der Waals surface area (Å²) in [6.45, 7) is 11.7. The van der Waals surface area contributed by atoms with E-state index in [1.807, 2.05) is 0 Å². The lowest BCUT2D eigenvalue weighted by Gasteiger charge is -2.33. The Morgan fingerprint density at radius 1 is 0.955 bits per heavy atom. The molecule has 1 aliphatic rings. The molecule has 2 aromatic rings. The van der Waals surface area contributed by atoms with Crippen LogP contribution in [0.4, 0.5) is 22.0 Å². The van der Waals surface area contributed by atoms with Crippen molar-refractivity contribution in [1.29, 1.82) is 0 Å².